The average molecular weight is 300 g/mol. The molecule has 0 aromatic carbocycles. The van der Waals surface area contributed by atoms with Crippen LogP contribution in [0.3, 0.4) is 0 Å². The van der Waals surface area contributed by atoms with Crippen molar-refractivity contribution in [1.29, 1.82) is 0 Å². The second-order valence-electron chi connectivity index (χ2n) is 5.42. The van der Waals surface area contributed by atoms with Crippen LogP contribution in [0.5, 0.6) is 0 Å². The van der Waals surface area contributed by atoms with Crippen LogP contribution in [0.15, 0.2) is 0 Å². The lowest BCUT2D eigenvalue weighted by atomic mass is 9.98. The van der Waals surface area contributed by atoms with E-state index >= 15 is 0 Å². The third-order valence-corrected chi connectivity index (χ3v) is 3.51. The number of carbonyl (C=O) groups excluding carboxylic acids is 3. The molecule has 0 aromatic heterocycles. The molecule has 1 aliphatic rings. The molecule has 7 nitrogen and oxygen atoms in total. The van der Waals surface area contributed by atoms with Crippen molar-refractivity contribution in [1.82, 2.24) is 5.32 Å². The van der Waals surface area contributed by atoms with Gasteiger partial charge in [-0.3, -0.25) is 14.4 Å². The minimum absolute atomic E-state index is 0.105. The largest absolute Gasteiger partial charge is 0.462 e. The van der Waals surface area contributed by atoms with Gasteiger partial charge >= 0.3 is 11.9 Å². The quantitative estimate of drug-likeness (QED) is 0.674. The van der Waals surface area contributed by atoms with Crippen molar-refractivity contribution >= 4 is 17.8 Å². The highest BCUT2D eigenvalue weighted by atomic mass is 16.6. The van der Waals surface area contributed by atoms with E-state index in [0.717, 1.165) is 19.3 Å². The Morgan fingerprint density at radius 2 is 1.90 bits per heavy atom. The molecule has 0 spiro atoms. The van der Waals surface area contributed by atoms with Crippen molar-refractivity contribution < 1.29 is 23.9 Å². The van der Waals surface area contributed by atoms with Gasteiger partial charge in [0.25, 0.3) is 0 Å². The summed E-state index contributed by atoms with van der Waals surface area (Å²) in [5.74, 6) is -1.20. The highest BCUT2D eigenvalue weighted by Gasteiger charge is 2.37. The van der Waals surface area contributed by atoms with Crippen LogP contribution in [0.4, 0.5) is 0 Å². The van der Waals surface area contributed by atoms with E-state index in [4.69, 9.17) is 15.2 Å². The van der Waals surface area contributed by atoms with E-state index < -0.39 is 18.1 Å². The first-order valence-electron chi connectivity index (χ1n) is 7.19. The fourth-order valence-corrected chi connectivity index (χ4v) is 2.60. The van der Waals surface area contributed by atoms with E-state index in [9.17, 15) is 14.4 Å². The van der Waals surface area contributed by atoms with Crippen LogP contribution in [-0.4, -0.2) is 42.6 Å². The summed E-state index contributed by atoms with van der Waals surface area (Å²) in [4.78, 5) is 33.9. The summed E-state index contributed by atoms with van der Waals surface area (Å²) in [5.41, 5.74) is 5.48. The molecule has 0 saturated heterocycles. The monoisotopic (exact) mass is 300 g/mol. The van der Waals surface area contributed by atoms with Gasteiger partial charge in [0.05, 0.1) is 12.6 Å². The number of nitrogens with one attached hydrogen (secondary N) is 1. The minimum atomic E-state index is -0.629. The fraction of sp³-hybridized carbons (Fsp3) is 0.786. The van der Waals surface area contributed by atoms with E-state index in [1.165, 1.54) is 13.8 Å². The molecule has 4 atom stereocenters. The smallest absolute Gasteiger partial charge is 0.302 e. The van der Waals surface area contributed by atoms with Crippen LogP contribution in [0.2, 0.25) is 0 Å². The lowest BCUT2D eigenvalue weighted by Gasteiger charge is -2.28. The van der Waals surface area contributed by atoms with Crippen molar-refractivity contribution in [3.05, 3.63) is 0 Å². The van der Waals surface area contributed by atoms with Crippen molar-refractivity contribution in [2.45, 2.75) is 58.3 Å². The van der Waals surface area contributed by atoms with Gasteiger partial charge in [-0.2, -0.15) is 0 Å². The molecular weight excluding hydrogens is 276 g/mol. The molecule has 0 heterocycles. The zero-order valence-electron chi connectivity index (χ0n) is 12.8. The standard InChI is InChI=1S/C14H24N2O5/c1-8(15)14(19)16-7-13(21-10(3)18)11-5-4-6-12(11)20-9(2)17/h8,11-13H,4-7,15H2,1-3H3,(H,16,19). The van der Waals surface area contributed by atoms with Crippen molar-refractivity contribution in [3.8, 4) is 0 Å². The SMILES string of the molecule is CC(=O)OC1CCCC1C(CNC(=O)C(C)N)OC(C)=O. The molecule has 4 unspecified atom stereocenters. The molecule has 0 radical (unpaired) electrons. The Hall–Kier alpha value is -1.63. The van der Waals surface area contributed by atoms with Gasteiger partial charge in [0.1, 0.15) is 12.2 Å². The Balaban J connectivity index is 2.69. The Morgan fingerprint density at radius 3 is 2.43 bits per heavy atom. The van der Waals surface area contributed by atoms with E-state index in [1.807, 2.05) is 0 Å². The Bertz CT molecular complexity index is 397. The molecule has 7 heteroatoms. The molecule has 0 bridgehead atoms. The third kappa shape index (κ3) is 5.71. The molecule has 1 rings (SSSR count). The second-order valence-corrected chi connectivity index (χ2v) is 5.42. The summed E-state index contributed by atoms with van der Waals surface area (Å²) in [7, 11) is 0. The van der Waals surface area contributed by atoms with Gasteiger partial charge in [0.2, 0.25) is 5.91 Å². The van der Waals surface area contributed by atoms with E-state index in [1.54, 1.807) is 6.92 Å². The number of ether oxygens (including phenoxy) is 2. The summed E-state index contributed by atoms with van der Waals surface area (Å²) in [6, 6.07) is -0.629. The number of hydrogen-bond donors (Lipinski definition) is 2. The number of nitrogens with two attached hydrogens (primary N) is 1. The predicted octanol–water partition coefficient (Wildman–Crippen LogP) is 0.113. The zero-order valence-corrected chi connectivity index (χ0v) is 12.8. The first-order chi connectivity index (χ1) is 9.81. The summed E-state index contributed by atoms with van der Waals surface area (Å²) >= 11 is 0. The molecule has 3 N–H and O–H groups in total. The van der Waals surface area contributed by atoms with Crippen molar-refractivity contribution in [2.24, 2.45) is 11.7 Å². The number of amides is 1. The summed E-state index contributed by atoms with van der Waals surface area (Å²) in [6.07, 6.45) is 1.62. The maximum atomic E-state index is 11.5. The highest BCUT2D eigenvalue weighted by Crippen LogP contribution is 2.32. The molecule has 21 heavy (non-hydrogen) atoms. The minimum Gasteiger partial charge on any atom is -0.462 e. The fourth-order valence-electron chi connectivity index (χ4n) is 2.60. The second kappa shape index (κ2) is 7.97. The number of esters is 2. The van der Waals surface area contributed by atoms with Crippen LogP contribution in [-0.2, 0) is 23.9 Å². The summed E-state index contributed by atoms with van der Waals surface area (Å²) < 4.78 is 10.6. The molecule has 120 valence electrons. The Morgan fingerprint density at radius 1 is 1.24 bits per heavy atom. The van der Waals surface area contributed by atoms with Gasteiger partial charge in [0, 0.05) is 19.8 Å². The molecule has 1 aliphatic carbocycles. The number of carbonyl (C=O) groups is 3. The predicted molar refractivity (Wildman–Crippen MR) is 75.1 cm³/mol. The van der Waals surface area contributed by atoms with Gasteiger partial charge in [-0.1, -0.05) is 0 Å². The Kier molecular flexibility index (Phi) is 6.61. The van der Waals surface area contributed by atoms with Gasteiger partial charge < -0.3 is 20.5 Å². The molecule has 0 aliphatic heterocycles. The lowest BCUT2D eigenvalue weighted by molar-refractivity contribution is -0.157. The van der Waals surface area contributed by atoms with E-state index in [0.29, 0.717) is 0 Å². The molecule has 1 amide bonds. The van der Waals surface area contributed by atoms with Crippen molar-refractivity contribution in [2.75, 3.05) is 6.54 Å². The van der Waals surface area contributed by atoms with Crippen molar-refractivity contribution in [3.63, 3.8) is 0 Å². The average Bonchev–Trinajstić information content (AvgIpc) is 2.80. The van der Waals surface area contributed by atoms with Gasteiger partial charge in [-0.05, 0) is 26.2 Å². The topological polar surface area (TPSA) is 108 Å². The molecule has 1 saturated carbocycles. The van der Waals surface area contributed by atoms with Crippen LogP contribution in [0.1, 0.15) is 40.0 Å². The summed E-state index contributed by atoms with van der Waals surface area (Å²) in [6.45, 7) is 4.42. The molecule has 0 aromatic rings. The van der Waals surface area contributed by atoms with Gasteiger partial charge in [0.15, 0.2) is 0 Å². The first-order valence-corrected chi connectivity index (χ1v) is 7.19. The number of hydrogen-bond acceptors (Lipinski definition) is 6. The highest BCUT2D eigenvalue weighted by molar-refractivity contribution is 5.81. The maximum Gasteiger partial charge on any atom is 0.302 e. The van der Waals surface area contributed by atoms with Crippen LogP contribution in [0, 0.1) is 5.92 Å². The van der Waals surface area contributed by atoms with E-state index in [-0.39, 0.29) is 30.4 Å². The van der Waals surface area contributed by atoms with Crippen LogP contribution in [0.25, 0.3) is 0 Å². The van der Waals surface area contributed by atoms with E-state index in [2.05, 4.69) is 5.32 Å². The molecular formula is C14H24N2O5. The number of rotatable bonds is 6. The van der Waals surface area contributed by atoms with Gasteiger partial charge in [-0.15, -0.1) is 0 Å². The maximum absolute atomic E-state index is 11.5. The lowest BCUT2D eigenvalue weighted by Crippen LogP contribution is -2.46. The first kappa shape index (κ1) is 17.4. The zero-order chi connectivity index (χ0) is 16.0. The van der Waals surface area contributed by atoms with Crippen LogP contribution < -0.4 is 11.1 Å². The third-order valence-electron chi connectivity index (χ3n) is 3.51. The molecule has 1 fully saturated rings. The Labute approximate surface area is 124 Å². The normalized spacial score (nSPS) is 24.0. The van der Waals surface area contributed by atoms with Gasteiger partial charge in [-0.25, -0.2) is 0 Å². The van der Waals surface area contributed by atoms with Crippen LogP contribution >= 0.6 is 0 Å². The summed E-state index contributed by atoms with van der Waals surface area (Å²) in [5, 5.41) is 2.66.